The summed E-state index contributed by atoms with van der Waals surface area (Å²) in [4.78, 5) is 7.59. The van der Waals surface area contributed by atoms with E-state index in [4.69, 9.17) is 16.7 Å². The molecule has 104 valence electrons. The second-order valence-electron chi connectivity index (χ2n) is 4.70. The molecule has 0 saturated carbocycles. The molecule has 1 atom stereocenters. The van der Waals surface area contributed by atoms with Gasteiger partial charge in [-0.2, -0.15) is 0 Å². The average molecular weight is 274 g/mol. The predicted octanol–water partition coefficient (Wildman–Crippen LogP) is 2.66. The summed E-state index contributed by atoms with van der Waals surface area (Å²) in [6, 6.07) is 0.371. The molecule has 5 heteroatoms. The van der Waals surface area contributed by atoms with Crippen molar-refractivity contribution >= 4 is 11.6 Å². The summed E-state index contributed by atoms with van der Waals surface area (Å²) >= 11 is 6.09. The number of nitrogens with one attached hydrogen (secondary N) is 2. The molecule has 0 aromatic carbocycles. The van der Waals surface area contributed by atoms with Crippen LogP contribution in [-0.2, 0) is 13.0 Å². The van der Waals surface area contributed by atoms with Gasteiger partial charge in [-0.05, 0) is 26.2 Å². The normalized spacial score (nSPS) is 12.9. The van der Waals surface area contributed by atoms with Crippen LogP contribution in [0.15, 0.2) is 0 Å². The van der Waals surface area contributed by atoms with Crippen LogP contribution in [0.4, 0.5) is 0 Å². The number of aryl methyl sites for hydroxylation is 1. The lowest BCUT2D eigenvalue weighted by molar-refractivity contribution is 0.276. The van der Waals surface area contributed by atoms with Gasteiger partial charge in [0.25, 0.3) is 0 Å². The van der Waals surface area contributed by atoms with Gasteiger partial charge in [0, 0.05) is 25.6 Å². The summed E-state index contributed by atoms with van der Waals surface area (Å²) in [6.45, 7) is 5.22. The van der Waals surface area contributed by atoms with Gasteiger partial charge in [-0.3, -0.25) is 0 Å². The van der Waals surface area contributed by atoms with Gasteiger partial charge in [0.2, 0.25) is 0 Å². The Kier molecular flexibility index (Phi) is 7.32. The third kappa shape index (κ3) is 5.38. The van der Waals surface area contributed by atoms with Crippen LogP contribution in [-0.4, -0.2) is 27.7 Å². The zero-order chi connectivity index (χ0) is 13.4. The van der Waals surface area contributed by atoms with Crippen LogP contribution < -0.4 is 5.32 Å². The topological polar surface area (TPSA) is 60.9 Å². The highest BCUT2D eigenvalue weighted by atomic mass is 35.5. The first-order chi connectivity index (χ1) is 8.67. The maximum atomic E-state index is 8.77. The molecule has 0 radical (unpaired) electrons. The van der Waals surface area contributed by atoms with E-state index in [9.17, 15) is 0 Å². The van der Waals surface area contributed by atoms with Gasteiger partial charge < -0.3 is 15.4 Å². The molecule has 0 spiro atoms. The van der Waals surface area contributed by atoms with Gasteiger partial charge in [0.05, 0.1) is 5.69 Å². The Morgan fingerprint density at radius 3 is 2.89 bits per heavy atom. The molecule has 0 amide bonds. The quantitative estimate of drug-likeness (QED) is 0.648. The number of halogens is 1. The average Bonchev–Trinajstić information content (AvgIpc) is 2.72. The van der Waals surface area contributed by atoms with Crippen molar-refractivity contribution in [3.63, 3.8) is 0 Å². The fourth-order valence-corrected chi connectivity index (χ4v) is 2.01. The Hall–Kier alpha value is -0.580. The summed E-state index contributed by atoms with van der Waals surface area (Å²) < 4.78 is 0. The van der Waals surface area contributed by atoms with Crippen molar-refractivity contribution < 1.29 is 5.11 Å². The van der Waals surface area contributed by atoms with E-state index in [1.54, 1.807) is 0 Å². The number of rotatable bonds is 9. The molecule has 0 aliphatic carbocycles. The number of imidazole rings is 1. The lowest BCUT2D eigenvalue weighted by atomic mass is 10.2. The molecule has 0 saturated heterocycles. The molecule has 1 rings (SSSR count). The highest BCUT2D eigenvalue weighted by Gasteiger charge is 2.09. The molecule has 1 heterocycles. The summed E-state index contributed by atoms with van der Waals surface area (Å²) in [5.74, 6) is 0.974. The lowest BCUT2D eigenvalue weighted by Gasteiger charge is -2.12. The van der Waals surface area contributed by atoms with E-state index < -0.39 is 0 Å². The standard InChI is InChI=1S/C13H24ClN3O/c1-3-4-7-12-16-11(13(14)17-12)9-15-10(2)6-5-8-18/h10,15,18H,3-9H2,1-2H3,(H,16,17). The van der Waals surface area contributed by atoms with Crippen molar-refractivity contribution in [3.8, 4) is 0 Å². The number of H-pyrrole nitrogens is 1. The molecule has 1 aromatic rings. The Labute approximate surface area is 114 Å². The molecule has 0 aliphatic rings. The van der Waals surface area contributed by atoms with Crippen LogP contribution in [0.1, 0.15) is 51.0 Å². The van der Waals surface area contributed by atoms with Crippen LogP contribution in [0, 0.1) is 0 Å². The Balaban J connectivity index is 2.39. The van der Waals surface area contributed by atoms with Crippen molar-refractivity contribution in [3.05, 3.63) is 16.7 Å². The van der Waals surface area contributed by atoms with E-state index in [0.717, 1.165) is 43.6 Å². The van der Waals surface area contributed by atoms with E-state index in [1.165, 1.54) is 0 Å². The number of hydrogen-bond acceptors (Lipinski definition) is 3. The van der Waals surface area contributed by atoms with Gasteiger partial charge in [-0.25, -0.2) is 4.98 Å². The largest absolute Gasteiger partial charge is 0.396 e. The van der Waals surface area contributed by atoms with Crippen LogP contribution in [0.3, 0.4) is 0 Å². The molecule has 0 bridgehead atoms. The minimum atomic E-state index is 0.248. The van der Waals surface area contributed by atoms with Gasteiger partial charge in [0.15, 0.2) is 5.15 Å². The van der Waals surface area contributed by atoms with Crippen molar-refractivity contribution in [2.45, 2.75) is 58.5 Å². The first kappa shape index (κ1) is 15.5. The lowest BCUT2D eigenvalue weighted by Crippen LogP contribution is -2.25. The highest BCUT2D eigenvalue weighted by Crippen LogP contribution is 2.14. The highest BCUT2D eigenvalue weighted by molar-refractivity contribution is 6.30. The molecule has 0 fully saturated rings. The minimum absolute atomic E-state index is 0.248. The number of nitrogens with zero attached hydrogens (tertiary/aromatic N) is 1. The van der Waals surface area contributed by atoms with E-state index in [1.807, 2.05) is 0 Å². The van der Waals surface area contributed by atoms with Crippen molar-refractivity contribution in [1.82, 2.24) is 15.3 Å². The summed E-state index contributed by atoms with van der Waals surface area (Å²) in [5, 5.41) is 12.7. The van der Waals surface area contributed by atoms with E-state index in [2.05, 4.69) is 29.1 Å². The first-order valence-corrected chi connectivity index (χ1v) is 7.12. The minimum Gasteiger partial charge on any atom is -0.396 e. The Morgan fingerprint density at radius 1 is 1.44 bits per heavy atom. The molecule has 1 aromatic heterocycles. The second kappa shape index (κ2) is 8.51. The number of aromatic nitrogens is 2. The third-order valence-electron chi connectivity index (χ3n) is 2.97. The molecule has 0 aliphatic heterocycles. The monoisotopic (exact) mass is 273 g/mol. The van der Waals surface area contributed by atoms with Gasteiger partial charge >= 0.3 is 0 Å². The number of aliphatic hydroxyl groups excluding tert-OH is 1. The zero-order valence-electron chi connectivity index (χ0n) is 11.3. The van der Waals surface area contributed by atoms with Gasteiger partial charge in [-0.15, -0.1) is 0 Å². The molecule has 3 N–H and O–H groups in total. The zero-order valence-corrected chi connectivity index (χ0v) is 12.1. The predicted molar refractivity (Wildman–Crippen MR) is 74.8 cm³/mol. The molecule has 18 heavy (non-hydrogen) atoms. The van der Waals surface area contributed by atoms with Gasteiger partial charge in [-0.1, -0.05) is 24.9 Å². The smallest absolute Gasteiger partial charge is 0.151 e. The maximum absolute atomic E-state index is 8.77. The van der Waals surface area contributed by atoms with Crippen molar-refractivity contribution in [2.75, 3.05) is 6.61 Å². The number of unbranched alkanes of at least 4 members (excludes halogenated alkanes) is 1. The van der Waals surface area contributed by atoms with Gasteiger partial charge in [0.1, 0.15) is 5.82 Å². The third-order valence-corrected chi connectivity index (χ3v) is 3.28. The summed E-state index contributed by atoms with van der Waals surface area (Å²) in [5.41, 5.74) is 0.957. The fraction of sp³-hybridized carbons (Fsp3) is 0.769. The summed E-state index contributed by atoms with van der Waals surface area (Å²) in [6.07, 6.45) is 5.03. The second-order valence-corrected chi connectivity index (χ2v) is 5.06. The number of aliphatic hydroxyl groups is 1. The van der Waals surface area contributed by atoms with E-state index >= 15 is 0 Å². The van der Waals surface area contributed by atoms with Crippen LogP contribution >= 0.6 is 11.6 Å². The summed E-state index contributed by atoms with van der Waals surface area (Å²) in [7, 11) is 0. The van der Waals surface area contributed by atoms with E-state index in [-0.39, 0.29) is 6.61 Å². The number of hydrogen-bond donors (Lipinski definition) is 3. The Morgan fingerprint density at radius 2 is 2.22 bits per heavy atom. The number of aromatic amines is 1. The van der Waals surface area contributed by atoms with Crippen LogP contribution in [0.25, 0.3) is 0 Å². The molecule has 4 nitrogen and oxygen atoms in total. The van der Waals surface area contributed by atoms with Crippen molar-refractivity contribution in [2.24, 2.45) is 0 Å². The SMILES string of the molecule is CCCCc1nc(Cl)c(CNC(C)CCCO)[nH]1. The molecular formula is C13H24ClN3O. The van der Waals surface area contributed by atoms with E-state index in [0.29, 0.717) is 17.7 Å². The molecule has 1 unspecified atom stereocenters. The molecular weight excluding hydrogens is 250 g/mol. The van der Waals surface area contributed by atoms with Crippen LogP contribution in [0.2, 0.25) is 5.15 Å². The Bertz CT molecular complexity index is 341. The van der Waals surface area contributed by atoms with Crippen molar-refractivity contribution in [1.29, 1.82) is 0 Å². The fourth-order valence-electron chi connectivity index (χ4n) is 1.80. The first-order valence-electron chi connectivity index (χ1n) is 6.74. The maximum Gasteiger partial charge on any atom is 0.151 e. The van der Waals surface area contributed by atoms with Crippen LogP contribution in [0.5, 0.6) is 0 Å².